The van der Waals surface area contributed by atoms with E-state index in [1.165, 1.54) is 0 Å². The van der Waals surface area contributed by atoms with Crippen LogP contribution in [0.3, 0.4) is 0 Å². The molecular weight excluding hydrogens is 362 g/mol. The standard InChI is InChI=1S/C24H21N3O2/c1-16-13-21(17(2)27(16)22-9-11-23(28)12-10-22)15-25-26-24(29)20-8-7-18-5-3-4-6-19(18)14-20/h3-15,28H,1-2H3,(H,26,29)/b25-15+. The lowest BCUT2D eigenvalue weighted by molar-refractivity contribution is 0.0955. The first-order valence-electron chi connectivity index (χ1n) is 9.33. The van der Waals surface area contributed by atoms with Gasteiger partial charge in [-0.1, -0.05) is 30.3 Å². The topological polar surface area (TPSA) is 66.6 Å². The Morgan fingerprint density at radius 2 is 1.69 bits per heavy atom. The SMILES string of the molecule is Cc1cc(/C=N/NC(=O)c2ccc3ccccc3c2)c(C)n1-c1ccc(O)cc1. The number of rotatable bonds is 4. The minimum atomic E-state index is -0.251. The first-order chi connectivity index (χ1) is 14.0. The summed E-state index contributed by atoms with van der Waals surface area (Å²) in [6.45, 7) is 4.00. The van der Waals surface area contributed by atoms with Crippen LogP contribution < -0.4 is 5.43 Å². The third kappa shape index (κ3) is 3.75. The van der Waals surface area contributed by atoms with Crippen molar-refractivity contribution < 1.29 is 9.90 Å². The molecule has 1 heterocycles. The highest BCUT2D eigenvalue weighted by atomic mass is 16.3. The van der Waals surface area contributed by atoms with Gasteiger partial charge in [0.1, 0.15) is 5.75 Å². The summed E-state index contributed by atoms with van der Waals surface area (Å²) in [6, 6.07) is 22.5. The van der Waals surface area contributed by atoms with E-state index in [4.69, 9.17) is 0 Å². The normalized spacial score (nSPS) is 11.2. The van der Waals surface area contributed by atoms with Crippen LogP contribution in [-0.4, -0.2) is 21.8 Å². The van der Waals surface area contributed by atoms with Crippen LogP contribution in [0.1, 0.15) is 27.3 Å². The third-order valence-electron chi connectivity index (χ3n) is 4.96. The number of phenolic OH excluding ortho intramolecular Hbond substituents is 1. The van der Waals surface area contributed by atoms with E-state index in [2.05, 4.69) is 15.1 Å². The molecule has 4 rings (SSSR count). The number of benzene rings is 3. The third-order valence-corrected chi connectivity index (χ3v) is 4.96. The number of nitrogens with one attached hydrogen (secondary N) is 1. The summed E-state index contributed by atoms with van der Waals surface area (Å²) in [5.74, 6) is -0.0197. The summed E-state index contributed by atoms with van der Waals surface area (Å²) in [5, 5.41) is 15.7. The van der Waals surface area contributed by atoms with Crippen LogP contribution >= 0.6 is 0 Å². The molecule has 3 aromatic carbocycles. The summed E-state index contributed by atoms with van der Waals surface area (Å²) in [4.78, 5) is 12.4. The van der Waals surface area contributed by atoms with Crippen molar-refractivity contribution in [3.05, 3.63) is 95.3 Å². The fourth-order valence-corrected chi connectivity index (χ4v) is 3.47. The quantitative estimate of drug-likeness (QED) is 0.396. The van der Waals surface area contributed by atoms with E-state index in [0.717, 1.165) is 33.4 Å². The van der Waals surface area contributed by atoms with Gasteiger partial charge in [-0.2, -0.15) is 5.10 Å². The number of nitrogens with zero attached hydrogens (tertiary/aromatic N) is 2. The Hall–Kier alpha value is -3.86. The Morgan fingerprint density at radius 3 is 2.45 bits per heavy atom. The zero-order valence-electron chi connectivity index (χ0n) is 16.3. The van der Waals surface area contributed by atoms with Gasteiger partial charge in [0.25, 0.3) is 5.91 Å². The van der Waals surface area contributed by atoms with E-state index in [1.807, 2.05) is 68.4 Å². The highest BCUT2D eigenvalue weighted by Crippen LogP contribution is 2.21. The molecule has 29 heavy (non-hydrogen) atoms. The van der Waals surface area contributed by atoms with Crippen LogP contribution in [0.15, 0.2) is 77.9 Å². The van der Waals surface area contributed by atoms with E-state index in [9.17, 15) is 9.90 Å². The van der Waals surface area contributed by atoms with E-state index < -0.39 is 0 Å². The lowest BCUT2D eigenvalue weighted by Gasteiger charge is -2.09. The fourth-order valence-electron chi connectivity index (χ4n) is 3.47. The molecule has 0 atom stereocenters. The number of carbonyl (C=O) groups excluding carboxylic acids is 1. The van der Waals surface area contributed by atoms with Crippen LogP contribution in [0.4, 0.5) is 0 Å². The van der Waals surface area contributed by atoms with Gasteiger partial charge in [0.05, 0.1) is 6.21 Å². The first-order valence-corrected chi connectivity index (χ1v) is 9.33. The molecule has 4 aromatic rings. The average molecular weight is 383 g/mol. The molecule has 0 spiro atoms. The van der Waals surface area contributed by atoms with Crippen molar-refractivity contribution in [1.29, 1.82) is 0 Å². The molecule has 0 unspecified atom stereocenters. The largest absolute Gasteiger partial charge is 0.508 e. The molecule has 2 N–H and O–H groups in total. The van der Waals surface area contributed by atoms with Crippen LogP contribution in [0.2, 0.25) is 0 Å². The number of aromatic nitrogens is 1. The fraction of sp³-hybridized carbons (Fsp3) is 0.0833. The summed E-state index contributed by atoms with van der Waals surface area (Å²) in [7, 11) is 0. The average Bonchev–Trinajstić information content (AvgIpc) is 3.01. The van der Waals surface area contributed by atoms with Crippen molar-refractivity contribution >= 4 is 22.9 Å². The number of hydrogen-bond donors (Lipinski definition) is 2. The Balaban J connectivity index is 1.52. The molecule has 0 fully saturated rings. The molecule has 0 saturated heterocycles. The maximum Gasteiger partial charge on any atom is 0.271 e. The number of hydrogen-bond acceptors (Lipinski definition) is 3. The minimum absolute atomic E-state index is 0.231. The van der Waals surface area contributed by atoms with Gasteiger partial charge in [-0.15, -0.1) is 0 Å². The van der Waals surface area contributed by atoms with Crippen molar-refractivity contribution in [2.75, 3.05) is 0 Å². The zero-order chi connectivity index (χ0) is 20.4. The second kappa shape index (κ2) is 7.64. The van der Waals surface area contributed by atoms with Gasteiger partial charge in [-0.3, -0.25) is 4.79 Å². The second-order valence-electron chi connectivity index (χ2n) is 6.94. The number of carbonyl (C=O) groups is 1. The summed E-state index contributed by atoms with van der Waals surface area (Å²) in [6.07, 6.45) is 1.65. The number of amides is 1. The maximum atomic E-state index is 12.4. The van der Waals surface area contributed by atoms with Crippen molar-refractivity contribution in [2.24, 2.45) is 5.10 Å². The Labute approximate surface area is 168 Å². The summed E-state index contributed by atoms with van der Waals surface area (Å²) in [5.41, 5.74) is 7.07. The number of phenols is 1. The van der Waals surface area contributed by atoms with Crippen molar-refractivity contribution in [1.82, 2.24) is 9.99 Å². The Morgan fingerprint density at radius 1 is 0.966 bits per heavy atom. The van der Waals surface area contributed by atoms with E-state index >= 15 is 0 Å². The van der Waals surface area contributed by atoms with Crippen molar-refractivity contribution in [2.45, 2.75) is 13.8 Å². The van der Waals surface area contributed by atoms with Gasteiger partial charge in [0, 0.05) is 28.2 Å². The highest BCUT2D eigenvalue weighted by Gasteiger charge is 2.10. The second-order valence-corrected chi connectivity index (χ2v) is 6.94. The molecule has 0 aliphatic heterocycles. The van der Waals surface area contributed by atoms with E-state index in [1.54, 1.807) is 24.4 Å². The van der Waals surface area contributed by atoms with E-state index in [0.29, 0.717) is 5.56 Å². The van der Waals surface area contributed by atoms with Crippen molar-refractivity contribution in [3.63, 3.8) is 0 Å². The number of aryl methyl sites for hydroxylation is 1. The van der Waals surface area contributed by atoms with Gasteiger partial charge in [0.2, 0.25) is 0 Å². The molecule has 0 bridgehead atoms. The van der Waals surface area contributed by atoms with Crippen LogP contribution in [0, 0.1) is 13.8 Å². The number of hydrazone groups is 1. The molecule has 5 nitrogen and oxygen atoms in total. The smallest absolute Gasteiger partial charge is 0.271 e. The lowest BCUT2D eigenvalue weighted by atomic mass is 10.1. The van der Waals surface area contributed by atoms with Crippen LogP contribution in [-0.2, 0) is 0 Å². The molecule has 5 heteroatoms. The van der Waals surface area contributed by atoms with Crippen LogP contribution in [0.5, 0.6) is 5.75 Å². The molecule has 0 radical (unpaired) electrons. The van der Waals surface area contributed by atoms with Crippen LogP contribution in [0.25, 0.3) is 16.5 Å². The Kier molecular flexibility index (Phi) is 4.87. The van der Waals surface area contributed by atoms with Gasteiger partial charge in [-0.25, -0.2) is 5.43 Å². The molecule has 144 valence electrons. The minimum Gasteiger partial charge on any atom is -0.508 e. The maximum absolute atomic E-state index is 12.4. The van der Waals surface area contributed by atoms with Gasteiger partial charge in [-0.05, 0) is 67.1 Å². The molecule has 0 aliphatic carbocycles. The van der Waals surface area contributed by atoms with Gasteiger partial charge in [0.15, 0.2) is 0 Å². The Bertz CT molecular complexity index is 1220. The van der Waals surface area contributed by atoms with Crippen molar-refractivity contribution in [3.8, 4) is 11.4 Å². The first kappa shape index (κ1) is 18.5. The molecule has 1 aromatic heterocycles. The predicted molar refractivity (Wildman–Crippen MR) is 116 cm³/mol. The van der Waals surface area contributed by atoms with Gasteiger partial charge < -0.3 is 9.67 Å². The number of aromatic hydroxyl groups is 1. The van der Waals surface area contributed by atoms with Gasteiger partial charge >= 0.3 is 0 Å². The predicted octanol–water partition coefficient (Wildman–Crippen LogP) is 4.72. The molecule has 0 aliphatic rings. The highest BCUT2D eigenvalue weighted by molar-refractivity contribution is 5.99. The molecule has 1 amide bonds. The zero-order valence-corrected chi connectivity index (χ0v) is 16.3. The van der Waals surface area contributed by atoms with E-state index in [-0.39, 0.29) is 11.7 Å². The monoisotopic (exact) mass is 383 g/mol. The molecule has 0 saturated carbocycles. The summed E-state index contributed by atoms with van der Waals surface area (Å²) >= 11 is 0. The number of fused-ring (bicyclic) bond motifs is 1. The lowest BCUT2D eigenvalue weighted by Crippen LogP contribution is -2.17. The molecular formula is C24H21N3O2. The summed E-state index contributed by atoms with van der Waals surface area (Å²) < 4.78 is 2.08.